The summed E-state index contributed by atoms with van der Waals surface area (Å²) in [6, 6.07) is 4.64. The van der Waals surface area contributed by atoms with Crippen molar-refractivity contribution in [2.24, 2.45) is 5.92 Å². The fraction of sp³-hybridized carbons (Fsp3) is 0.562. The smallest absolute Gasteiger partial charge is 0.220 e. The second kappa shape index (κ2) is 7.31. The number of phenols is 2. The number of rotatable bonds is 6. The molecule has 5 heteroatoms. The number of hydrogen-bond acceptors (Lipinski definition) is 4. The Hall–Kier alpha value is -1.75. The summed E-state index contributed by atoms with van der Waals surface area (Å²) < 4.78 is 0. The predicted molar refractivity (Wildman–Crippen MR) is 79.1 cm³/mol. The molecule has 1 saturated carbocycles. The molecule has 1 fully saturated rings. The summed E-state index contributed by atoms with van der Waals surface area (Å²) in [5.74, 6) is -0.290. The topological polar surface area (TPSA) is 89.8 Å². The maximum Gasteiger partial charge on any atom is 0.220 e. The van der Waals surface area contributed by atoms with Crippen LogP contribution in [0.5, 0.6) is 11.5 Å². The molecule has 21 heavy (non-hydrogen) atoms. The zero-order valence-electron chi connectivity index (χ0n) is 12.1. The summed E-state index contributed by atoms with van der Waals surface area (Å²) >= 11 is 0. The van der Waals surface area contributed by atoms with E-state index in [1.54, 1.807) is 6.07 Å². The normalized spacial score (nSPS) is 16.8. The van der Waals surface area contributed by atoms with E-state index in [-0.39, 0.29) is 42.4 Å². The van der Waals surface area contributed by atoms with E-state index < -0.39 is 0 Å². The number of phenolic OH excluding ortho intramolecular Hbond substituents is 2. The molecule has 4 N–H and O–H groups in total. The van der Waals surface area contributed by atoms with Crippen molar-refractivity contribution in [3.8, 4) is 11.5 Å². The molecule has 2 rings (SSSR count). The van der Waals surface area contributed by atoms with E-state index in [0.717, 1.165) is 25.7 Å². The lowest BCUT2D eigenvalue weighted by Gasteiger charge is -2.17. The van der Waals surface area contributed by atoms with Gasteiger partial charge in [-0.1, -0.05) is 18.9 Å². The average Bonchev–Trinajstić information content (AvgIpc) is 2.93. The summed E-state index contributed by atoms with van der Waals surface area (Å²) in [5, 5.41) is 31.4. The summed E-state index contributed by atoms with van der Waals surface area (Å²) in [6.07, 6.45) is 5.04. The van der Waals surface area contributed by atoms with Gasteiger partial charge in [-0.3, -0.25) is 4.79 Å². The number of aliphatic hydroxyl groups excluding tert-OH is 1. The fourth-order valence-corrected chi connectivity index (χ4v) is 2.86. The van der Waals surface area contributed by atoms with Crippen LogP contribution in [0.4, 0.5) is 0 Å². The minimum absolute atomic E-state index is 0.00391. The van der Waals surface area contributed by atoms with Crippen LogP contribution in [0.2, 0.25) is 0 Å². The van der Waals surface area contributed by atoms with E-state index in [2.05, 4.69) is 5.32 Å². The predicted octanol–water partition coefficient (Wildman–Crippen LogP) is 1.70. The molecule has 1 aromatic rings. The molecule has 1 atom stereocenters. The first kappa shape index (κ1) is 15.6. The lowest BCUT2D eigenvalue weighted by atomic mass is 9.95. The average molecular weight is 293 g/mol. The molecule has 1 aromatic carbocycles. The number of aromatic hydroxyl groups is 2. The number of benzene rings is 1. The van der Waals surface area contributed by atoms with Crippen LogP contribution in [-0.4, -0.2) is 33.9 Å². The summed E-state index contributed by atoms with van der Waals surface area (Å²) in [7, 11) is 0. The number of hydrogen-bond donors (Lipinski definition) is 4. The van der Waals surface area contributed by atoms with Crippen LogP contribution >= 0.6 is 0 Å². The second-order valence-electron chi connectivity index (χ2n) is 5.82. The van der Waals surface area contributed by atoms with Gasteiger partial charge in [-0.15, -0.1) is 0 Å². The first-order valence-electron chi connectivity index (χ1n) is 7.49. The van der Waals surface area contributed by atoms with Gasteiger partial charge < -0.3 is 20.6 Å². The van der Waals surface area contributed by atoms with Crippen molar-refractivity contribution in [3.05, 3.63) is 23.8 Å². The lowest BCUT2D eigenvalue weighted by Crippen LogP contribution is -2.34. The fourth-order valence-electron chi connectivity index (χ4n) is 2.86. The number of aliphatic hydroxyl groups is 1. The highest BCUT2D eigenvalue weighted by Crippen LogP contribution is 2.26. The third kappa shape index (κ3) is 4.63. The van der Waals surface area contributed by atoms with Crippen LogP contribution in [-0.2, 0) is 11.2 Å². The first-order valence-corrected chi connectivity index (χ1v) is 7.49. The SMILES string of the molecule is O=C(CC(CO)Cc1ccc(O)cc1O)NC1CCCC1. The molecular formula is C16H23NO4. The summed E-state index contributed by atoms with van der Waals surface area (Å²) in [5.41, 5.74) is 0.625. The number of amides is 1. The van der Waals surface area contributed by atoms with Crippen LogP contribution in [0.15, 0.2) is 18.2 Å². The molecule has 0 radical (unpaired) electrons. The molecule has 0 heterocycles. The second-order valence-corrected chi connectivity index (χ2v) is 5.82. The maximum absolute atomic E-state index is 12.0. The monoisotopic (exact) mass is 293 g/mol. The third-order valence-electron chi connectivity index (χ3n) is 4.03. The summed E-state index contributed by atoms with van der Waals surface area (Å²) in [4.78, 5) is 12.0. The molecule has 1 aliphatic rings. The number of nitrogens with one attached hydrogen (secondary N) is 1. The van der Waals surface area contributed by atoms with Crippen LogP contribution in [0.3, 0.4) is 0 Å². The van der Waals surface area contributed by atoms with Crippen LogP contribution in [0.25, 0.3) is 0 Å². The van der Waals surface area contributed by atoms with Crippen molar-refractivity contribution in [1.82, 2.24) is 5.32 Å². The molecule has 1 aliphatic carbocycles. The minimum Gasteiger partial charge on any atom is -0.508 e. The van der Waals surface area contributed by atoms with E-state index in [9.17, 15) is 20.1 Å². The van der Waals surface area contributed by atoms with E-state index in [0.29, 0.717) is 12.0 Å². The zero-order chi connectivity index (χ0) is 15.2. The van der Waals surface area contributed by atoms with Gasteiger partial charge in [0.1, 0.15) is 11.5 Å². The molecule has 0 spiro atoms. The van der Waals surface area contributed by atoms with Gasteiger partial charge >= 0.3 is 0 Å². The zero-order valence-corrected chi connectivity index (χ0v) is 12.1. The van der Waals surface area contributed by atoms with Gasteiger partial charge in [-0.25, -0.2) is 0 Å². The Labute approximate surface area is 124 Å². The van der Waals surface area contributed by atoms with E-state index in [1.165, 1.54) is 12.1 Å². The molecule has 0 aromatic heterocycles. The van der Waals surface area contributed by atoms with Crippen molar-refractivity contribution < 1.29 is 20.1 Å². The van der Waals surface area contributed by atoms with Crippen molar-refractivity contribution in [2.75, 3.05) is 6.61 Å². The van der Waals surface area contributed by atoms with Crippen LogP contribution in [0, 0.1) is 5.92 Å². The highest BCUT2D eigenvalue weighted by atomic mass is 16.3. The minimum atomic E-state index is -0.234. The maximum atomic E-state index is 12.0. The van der Waals surface area contributed by atoms with Gasteiger partial charge in [0.05, 0.1) is 0 Å². The Kier molecular flexibility index (Phi) is 5.44. The highest BCUT2D eigenvalue weighted by molar-refractivity contribution is 5.76. The van der Waals surface area contributed by atoms with Gasteiger partial charge in [0.25, 0.3) is 0 Å². The number of carbonyl (C=O) groups excluding carboxylic acids is 1. The van der Waals surface area contributed by atoms with Crippen molar-refractivity contribution in [1.29, 1.82) is 0 Å². The van der Waals surface area contributed by atoms with Crippen LogP contribution in [0.1, 0.15) is 37.7 Å². The van der Waals surface area contributed by atoms with Gasteiger partial charge in [0, 0.05) is 25.1 Å². The molecule has 1 unspecified atom stereocenters. The van der Waals surface area contributed by atoms with E-state index >= 15 is 0 Å². The Balaban J connectivity index is 1.88. The Morgan fingerprint density at radius 2 is 2.00 bits per heavy atom. The molecular weight excluding hydrogens is 270 g/mol. The molecule has 116 valence electrons. The number of carbonyl (C=O) groups is 1. The van der Waals surface area contributed by atoms with Gasteiger partial charge in [0.15, 0.2) is 0 Å². The molecule has 1 amide bonds. The molecule has 0 bridgehead atoms. The third-order valence-corrected chi connectivity index (χ3v) is 4.03. The van der Waals surface area contributed by atoms with E-state index in [4.69, 9.17) is 0 Å². The highest BCUT2D eigenvalue weighted by Gasteiger charge is 2.20. The van der Waals surface area contributed by atoms with Gasteiger partial charge in [-0.05, 0) is 36.8 Å². The quantitative estimate of drug-likeness (QED) is 0.642. The van der Waals surface area contributed by atoms with Gasteiger partial charge in [-0.2, -0.15) is 0 Å². The Bertz CT molecular complexity index is 483. The van der Waals surface area contributed by atoms with Gasteiger partial charge in [0.2, 0.25) is 5.91 Å². The van der Waals surface area contributed by atoms with Crippen molar-refractivity contribution in [2.45, 2.75) is 44.6 Å². The largest absolute Gasteiger partial charge is 0.508 e. The molecule has 0 saturated heterocycles. The van der Waals surface area contributed by atoms with Crippen molar-refractivity contribution >= 4 is 5.91 Å². The van der Waals surface area contributed by atoms with Crippen molar-refractivity contribution in [3.63, 3.8) is 0 Å². The van der Waals surface area contributed by atoms with Crippen LogP contribution < -0.4 is 5.32 Å². The van der Waals surface area contributed by atoms with E-state index in [1.807, 2.05) is 0 Å². The lowest BCUT2D eigenvalue weighted by molar-refractivity contribution is -0.123. The Morgan fingerprint density at radius 3 is 2.62 bits per heavy atom. The Morgan fingerprint density at radius 1 is 1.29 bits per heavy atom. The molecule has 5 nitrogen and oxygen atoms in total. The standard InChI is InChI=1S/C16H23NO4/c18-10-11(7-12-5-6-14(19)9-15(12)20)8-16(21)17-13-3-1-2-4-13/h5-6,9,11,13,18-20H,1-4,7-8,10H2,(H,17,21). The molecule has 0 aliphatic heterocycles. The summed E-state index contributed by atoms with van der Waals surface area (Å²) in [6.45, 7) is -0.113. The first-order chi connectivity index (χ1) is 10.1.